The lowest BCUT2D eigenvalue weighted by Crippen LogP contribution is -2.36. The first kappa shape index (κ1) is 13.4. The van der Waals surface area contributed by atoms with Gasteiger partial charge in [-0.15, -0.1) is 0 Å². The van der Waals surface area contributed by atoms with Gasteiger partial charge in [-0.1, -0.05) is 6.92 Å². The number of carbonyl (C=O) groups excluding carboxylic acids is 2. The maximum atomic E-state index is 12.1. The number of nitrogens with zero attached hydrogens (tertiary/aromatic N) is 1. The van der Waals surface area contributed by atoms with E-state index in [1.165, 1.54) is 4.90 Å². The lowest BCUT2D eigenvalue weighted by atomic mass is 10.2. The summed E-state index contributed by atoms with van der Waals surface area (Å²) in [7, 11) is 0. The second-order valence-corrected chi connectivity index (χ2v) is 5.73. The number of halogens is 1. The summed E-state index contributed by atoms with van der Waals surface area (Å²) in [5.41, 5.74) is 0. The van der Waals surface area contributed by atoms with E-state index in [1.54, 1.807) is 18.2 Å². The number of amides is 2. The zero-order chi connectivity index (χ0) is 13.3. The topological polar surface area (TPSA) is 50.5 Å². The molecule has 4 nitrogen and oxygen atoms in total. The molecule has 2 amide bonds. The van der Waals surface area contributed by atoms with Gasteiger partial charge in [0, 0.05) is 12.1 Å². The Bertz CT molecular complexity index is 523. The Morgan fingerprint density at radius 3 is 2.78 bits per heavy atom. The molecule has 0 N–H and O–H groups in total. The average molecular weight is 330 g/mol. The third kappa shape index (κ3) is 2.54. The molecule has 2 rings (SSSR count). The molecule has 1 aromatic rings. The molecule has 1 aliphatic heterocycles. The van der Waals surface area contributed by atoms with Gasteiger partial charge in [-0.05, 0) is 53.2 Å². The quantitative estimate of drug-likeness (QED) is 0.789. The van der Waals surface area contributed by atoms with Crippen molar-refractivity contribution < 1.29 is 14.0 Å². The fraction of sp³-hybridized carbons (Fsp3) is 0.333. The Labute approximate surface area is 118 Å². The summed E-state index contributed by atoms with van der Waals surface area (Å²) in [6.07, 6.45) is 2.34. The van der Waals surface area contributed by atoms with Gasteiger partial charge >= 0.3 is 0 Å². The minimum atomic E-state index is -0.244. The fourth-order valence-corrected chi connectivity index (χ4v) is 2.81. The van der Waals surface area contributed by atoms with Crippen LogP contribution in [-0.4, -0.2) is 22.1 Å². The van der Waals surface area contributed by atoms with Crippen LogP contribution < -0.4 is 0 Å². The predicted octanol–water partition coefficient (Wildman–Crippen LogP) is 3.88. The maximum absolute atomic E-state index is 12.1. The molecule has 0 aromatic carbocycles. The van der Waals surface area contributed by atoms with Crippen LogP contribution in [0.2, 0.25) is 0 Å². The van der Waals surface area contributed by atoms with Crippen molar-refractivity contribution in [3.05, 3.63) is 27.5 Å². The third-order valence-corrected chi connectivity index (χ3v) is 4.03. The highest BCUT2D eigenvalue weighted by molar-refractivity contribution is 9.10. The van der Waals surface area contributed by atoms with Gasteiger partial charge in [-0.2, -0.15) is 0 Å². The van der Waals surface area contributed by atoms with Crippen molar-refractivity contribution in [2.45, 2.75) is 26.3 Å². The molecule has 1 atom stereocenters. The molecule has 0 spiro atoms. The van der Waals surface area contributed by atoms with Crippen LogP contribution in [0.15, 0.2) is 26.1 Å². The van der Waals surface area contributed by atoms with Crippen LogP contribution in [0.4, 0.5) is 4.79 Å². The molecule has 0 saturated carbocycles. The summed E-state index contributed by atoms with van der Waals surface area (Å²) >= 11 is 4.14. The molecule has 1 saturated heterocycles. The fourth-order valence-electron chi connectivity index (χ4n) is 1.58. The maximum Gasteiger partial charge on any atom is 0.293 e. The Morgan fingerprint density at radius 2 is 2.22 bits per heavy atom. The summed E-state index contributed by atoms with van der Waals surface area (Å²) in [6, 6.07) is 3.40. The summed E-state index contributed by atoms with van der Waals surface area (Å²) in [5.74, 6) is 0.309. The first-order chi connectivity index (χ1) is 8.52. The normalized spacial score (nSPS) is 19.9. The van der Waals surface area contributed by atoms with Crippen molar-refractivity contribution in [1.29, 1.82) is 0 Å². The Morgan fingerprint density at radius 1 is 1.50 bits per heavy atom. The molecule has 0 radical (unpaired) electrons. The molecule has 2 heterocycles. The van der Waals surface area contributed by atoms with Crippen LogP contribution in [0.5, 0.6) is 0 Å². The monoisotopic (exact) mass is 329 g/mol. The SMILES string of the molecule is CC[C@@H](C)N1C(=O)S/C(=C/c2ccc(Br)o2)C1=O. The van der Waals surface area contributed by atoms with Gasteiger partial charge in [0.2, 0.25) is 0 Å². The summed E-state index contributed by atoms with van der Waals surface area (Å²) in [4.78, 5) is 25.6. The number of hydrogen-bond acceptors (Lipinski definition) is 4. The Balaban J connectivity index is 2.25. The van der Waals surface area contributed by atoms with Crippen molar-refractivity contribution in [1.82, 2.24) is 4.90 Å². The zero-order valence-corrected chi connectivity index (χ0v) is 12.4. The zero-order valence-electron chi connectivity index (χ0n) is 9.97. The van der Waals surface area contributed by atoms with Crippen LogP contribution in [0.25, 0.3) is 6.08 Å². The number of furan rings is 1. The summed E-state index contributed by atoms with van der Waals surface area (Å²) in [5, 5.41) is -0.216. The number of carbonyl (C=O) groups is 2. The Hall–Kier alpha value is -1.01. The van der Waals surface area contributed by atoms with Crippen molar-refractivity contribution in [2.75, 3.05) is 0 Å². The molecular formula is C12H12BrNO3S. The first-order valence-corrected chi connectivity index (χ1v) is 7.16. The van der Waals surface area contributed by atoms with Crippen molar-refractivity contribution in [3.63, 3.8) is 0 Å². The highest BCUT2D eigenvalue weighted by Crippen LogP contribution is 2.34. The van der Waals surface area contributed by atoms with Crippen LogP contribution in [0.3, 0.4) is 0 Å². The second kappa shape index (κ2) is 5.32. The van der Waals surface area contributed by atoms with Crippen molar-refractivity contribution in [3.8, 4) is 0 Å². The van der Waals surface area contributed by atoms with Crippen molar-refractivity contribution in [2.24, 2.45) is 0 Å². The van der Waals surface area contributed by atoms with E-state index < -0.39 is 0 Å². The lowest BCUT2D eigenvalue weighted by molar-refractivity contribution is -0.124. The van der Waals surface area contributed by atoms with Gasteiger partial charge in [0.1, 0.15) is 5.76 Å². The number of hydrogen-bond donors (Lipinski definition) is 0. The minimum absolute atomic E-state index is 0.0771. The molecule has 96 valence electrons. The summed E-state index contributed by atoms with van der Waals surface area (Å²) < 4.78 is 5.89. The van der Waals surface area contributed by atoms with E-state index in [1.807, 2.05) is 13.8 Å². The molecule has 1 fully saturated rings. The highest BCUT2D eigenvalue weighted by atomic mass is 79.9. The summed E-state index contributed by atoms with van der Waals surface area (Å²) in [6.45, 7) is 3.81. The lowest BCUT2D eigenvalue weighted by Gasteiger charge is -2.19. The largest absolute Gasteiger partial charge is 0.450 e. The van der Waals surface area contributed by atoms with Gasteiger partial charge < -0.3 is 4.42 Å². The molecule has 0 unspecified atom stereocenters. The minimum Gasteiger partial charge on any atom is -0.450 e. The number of thioether (sulfide) groups is 1. The van der Waals surface area contributed by atoms with Gasteiger partial charge in [-0.25, -0.2) is 0 Å². The molecule has 0 bridgehead atoms. The first-order valence-electron chi connectivity index (χ1n) is 5.55. The van der Waals surface area contributed by atoms with E-state index in [4.69, 9.17) is 4.42 Å². The number of rotatable bonds is 3. The standard InChI is InChI=1S/C12H12BrNO3S/c1-3-7(2)14-11(15)9(18-12(14)16)6-8-4-5-10(13)17-8/h4-7H,3H2,1-2H3/b9-6+/t7-/m1/s1. The molecular weight excluding hydrogens is 318 g/mol. The van der Waals surface area contributed by atoms with Crippen LogP contribution in [0, 0.1) is 0 Å². The van der Waals surface area contributed by atoms with E-state index in [0.29, 0.717) is 15.3 Å². The van der Waals surface area contributed by atoms with E-state index in [0.717, 1.165) is 18.2 Å². The third-order valence-electron chi connectivity index (χ3n) is 2.72. The predicted molar refractivity (Wildman–Crippen MR) is 74.0 cm³/mol. The van der Waals surface area contributed by atoms with Crippen molar-refractivity contribution >= 4 is 44.9 Å². The van der Waals surface area contributed by atoms with Crippen LogP contribution in [0.1, 0.15) is 26.0 Å². The molecule has 0 aliphatic carbocycles. The van der Waals surface area contributed by atoms with Gasteiger partial charge in [0.15, 0.2) is 4.67 Å². The molecule has 1 aliphatic rings. The van der Waals surface area contributed by atoms with E-state index in [-0.39, 0.29) is 17.2 Å². The number of imide groups is 1. The smallest absolute Gasteiger partial charge is 0.293 e. The van der Waals surface area contributed by atoms with Gasteiger partial charge in [0.25, 0.3) is 11.1 Å². The molecule has 18 heavy (non-hydrogen) atoms. The molecule has 1 aromatic heterocycles. The highest BCUT2D eigenvalue weighted by Gasteiger charge is 2.37. The van der Waals surface area contributed by atoms with Gasteiger partial charge in [0.05, 0.1) is 4.91 Å². The van der Waals surface area contributed by atoms with Gasteiger partial charge in [-0.3, -0.25) is 14.5 Å². The van der Waals surface area contributed by atoms with E-state index >= 15 is 0 Å². The van der Waals surface area contributed by atoms with Crippen LogP contribution >= 0.6 is 27.7 Å². The second-order valence-electron chi connectivity index (χ2n) is 3.95. The van der Waals surface area contributed by atoms with E-state index in [9.17, 15) is 9.59 Å². The Kier molecular flexibility index (Phi) is 3.97. The molecule has 6 heteroatoms. The van der Waals surface area contributed by atoms with E-state index in [2.05, 4.69) is 15.9 Å². The average Bonchev–Trinajstić information content (AvgIpc) is 2.84. The van der Waals surface area contributed by atoms with Crippen LogP contribution in [-0.2, 0) is 4.79 Å².